The Bertz CT molecular complexity index is 837. The molecule has 0 saturated carbocycles. The predicted octanol–water partition coefficient (Wildman–Crippen LogP) is 3.66. The normalized spacial score (nSPS) is 15.0. The summed E-state index contributed by atoms with van der Waals surface area (Å²) in [6.45, 7) is 11.7. The van der Waals surface area contributed by atoms with Gasteiger partial charge in [-0.25, -0.2) is 4.79 Å². The fraction of sp³-hybridized carbons (Fsp3) is 0.500. The predicted molar refractivity (Wildman–Crippen MR) is 108 cm³/mol. The third kappa shape index (κ3) is 4.18. The van der Waals surface area contributed by atoms with Crippen molar-refractivity contribution in [2.24, 2.45) is 0 Å². The molecule has 1 aromatic carbocycles. The molecule has 1 aliphatic rings. The second-order valence-corrected chi connectivity index (χ2v) is 8.06. The zero-order chi connectivity index (χ0) is 19.8. The molecule has 0 fully saturated rings. The lowest BCUT2D eigenvalue weighted by Gasteiger charge is -2.28. The molecule has 3 rings (SSSR count). The fourth-order valence-corrected chi connectivity index (χ4v) is 3.11. The van der Waals surface area contributed by atoms with E-state index in [9.17, 15) is 4.79 Å². The van der Waals surface area contributed by atoms with E-state index in [-0.39, 0.29) is 17.6 Å². The highest BCUT2D eigenvalue weighted by Crippen LogP contribution is 2.33. The zero-order valence-corrected chi connectivity index (χ0v) is 17.0. The summed E-state index contributed by atoms with van der Waals surface area (Å²) in [5.41, 5.74) is 3.55. The monoisotopic (exact) mass is 371 g/mol. The van der Waals surface area contributed by atoms with Gasteiger partial charge >= 0.3 is 6.03 Å². The Labute approximate surface area is 160 Å². The summed E-state index contributed by atoms with van der Waals surface area (Å²) >= 11 is 0. The van der Waals surface area contributed by atoms with Crippen LogP contribution in [0.15, 0.2) is 24.4 Å². The summed E-state index contributed by atoms with van der Waals surface area (Å²) in [6.07, 6.45) is 2.01. The van der Waals surface area contributed by atoms with Crippen LogP contribution in [-0.2, 0) is 5.54 Å². The van der Waals surface area contributed by atoms with E-state index < -0.39 is 0 Å². The molecule has 2 N–H and O–H groups in total. The Balaban J connectivity index is 1.68. The van der Waals surface area contributed by atoms with E-state index >= 15 is 0 Å². The van der Waals surface area contributed by atoms with Crippen LogP contribution in [0.25, 0.3) is 0 Å². The molecule has 1 atom stereocenters. The number of anilines is 2. The van der Waals surface area contributed by atoms with Crippen LogP contribution in [-0.4, -0.2) is 36.0 Å². The third-order valence-corrected chi connectivity index (χ3v) is 4.75. The number of carbonyl (C=O) groups is 1. The highest BCUT2D eigenvalue weighted by Gasteiger charge is 2.21. The Morgan fingerprint density at radius 3 is 2.74 bits per heavy atom. The first-order valence-electron chi connectivity index (χ1n) is 9.27. The number of likely N-dealkylation sites (N-methyl/N-ethyl adjacent to an activating group) is 1. The van der Waals surface area contributed by atoms with Crippen LogP contribution in [0.1, 0.15) is 45.0 Å². The standard InChI is InChI=1S/C20H29N5O2/c1-13(16-12-25(20(3,4)5)23-14(16)2)21-19(26)22-15-7-8-18-17(11-15)24(6)9-10-27-18/h7-8,11-13H,9-10H2,1-6H3,(H2,21,22,26)/t13-/m0/s1. The Morgan fingerprint density at radius 2 is 2.07 bits per heavy atom. The molecule has 0 aliphatic carbocycles. The number of urea groups is 1. The highest BCUT2D eigenvalue weighted by atomic mass is 16.5. The minimum absolute atomic E-state index is 0.0950. The summed E-state index contributed by atoms with van der Waals surface area (Å²) in [6, 6.07) is 5.28. The Morgan fingerprint density at radius 1 is 1.33 bits per heavy atom. The number of fused-ring (bicyclic) bond motifs is 1. The van der Waals surface area contributed by atoms with Crippen molar-refractivity contribution in [3.63, 3.8) is 0 Å². The molecular formula is C20H29N5O2. The van der Waals surface area contributed by atoms with Crippen LogP contribution in [0.3, 0.4) is 0 Å². The molecule has 0 saturated heterocycles. The van der Waals surface area contributed by atoms with E-state index in [0.29, 0.717) is 6.61 Å². The average Bonchev–Trinajstić information content (AvgIpc) is 2.98. The Hall–Kier alpha value is -2.70. The van der Waals surface area contributed by atoms with E-state index in [1.807, 2.05) is 50.0 Å². The van der Waals surface area contributed by atoms with Gasteiger partial charge in [0.15, 0.2) is 0 Å². The number of aromatic nitrogens is 2. The molecule has 0 bridgehead atoms. The molecular weight excluding hydrogens is 342 g/mol. The SMILES string of the molecule is Cc1nn(C(C)(C)C)cc1[C@H](C)NC(=O)Nc1ccc2c(c1)N(C)CCO2. The first kappa shape index (κ1) is 19.1. The minimum atomic E-state index is -0.246. The van der Waals surface area contributed by atoms with Crippen LogP contribution in [0.4, 0.5) is 16.2 Å². The lowest BCUT2D eigenvalue weighted by atomic mass is 10.1. The number of amides is 2. The molecule has 146 valence electrons. The number of nitrogens with zero attached hydrogens (tertiary/aromatic N) is 3. The third-order valence-electron chi connectivity index (χ3n) is 4.75. The molecule has 27 heavy (non-hydrogen) atoms. The highest BCUT2D eigenvalue weighted by molar-refractivity contribution is 5.90. The zero-order valence-electron chi connectivity index (χ0n) is 17.0. The maximum atomic E-state index is 12.5. The molecule has 0 unspecified atom stereocenters. The second-order valence-electron chi connectivity index (χ2n) is 8.06. The van der Waals surface area contributed by atoms with Crippen LogP contribution >= 0.6 is 0 Å². The van der Waals surface area contributed by atoms with Crippen molar-refractivity contribution in [3.05, 3.63) is 35.7 Å². The molecule has 0 spiro atoms. The van der Waals surface area contributed by atoms with E-state index in [2.05, 4.69) is 41.4 Å². The van der Waals surface area contributed by atoms with E-state index in [1.165, 1.54) is 0 Å². The lowest BCUT2D eigenvalue weighted by molar-refractivity contribution is 0.249. The number of ether oxygens (including phenoxy) is 1. The van der Waals surface area contributed by atoms with Crippen molar-refractivity contribution in [1.82, 2.24) is 15.1 Å². The van der Waals surface area contributed by atoms with Crippen molar-refractivity contribution in [3.8, 4) is 5.75 Å². The molecule has 2 aromatic rings. The van der Waals surface area contributed by atoms with Crippen LogP contribution in [0, 0.1) is 6.92 Å². The van der Waals surface area contributed by atoms with Gasteiger partial charge in [-0.05, 0) is 52.8 Å². The number of rotatable bonds is 3. The summed E-state index contributed by atoms with van der Waals surface area (Å²) in [4.78, 5) is 14.6. The van der Waals surface area contributed by atoms with Crippen LogP contribution < -0.4 is 20.3 Å². The second kappa shape index (κ2) is 7.13. The number of nitrogens with one attached hydrogen (secondary N) is 2. The van der Waals surface area contributed by atoms with Gasteiger partial charge in [-0.3, -0.25) is 4.68 Å². The van der Waals surface area contributed by atoms with Gasteiger partial charge in [0.1, 0.15) is 12.4 Å². The fourth-order valence-electron chi connectivity index (χ4n) is 3.11. The Kier molecular flexibility index (Phi) is 5.04. The molecule has 1 aliphatic heterocycles. The van der Waals surface area contributed by atoms with Crippen molar-refractivity contribution in [1.29, 1.82) is 0 Å². The van der Waals surface area contributed by atoms with Gasteiger partial charge in [-0.2, -0.15) is 5.10 Å². The minimum Gasteiger partial charge on any atom is -0.490 e. The van der Waals surface area contributed by atoms with Crippen molar-refractivity contribution in [2.75, 3.05) is 30.4 Å². The molecule has 0 radical (unpaired) electrons. The van der Waals surface area contributed by atoms with Gasteiger partial charge < -0.3 is 20.3 Å². The maximum Gasteiger partial charge on any atom is 0.319 e. The molecule has 7 heteroatoms. The average molecular weight is 371 g/mol. The van der Waals surface area contributed by atoms with Gasteiger partial charge in [0, 0.05) is 24.5 Å². The molecule has 2 amide bonds. The van der Waals surface area contributed by atoms with Crippen molar-refractivity contribution in [2.45, 2.75) is 46.2 Å². The van der Waals surface area contributed by atoms with Gasteiger partial charge in [0.05, 0.1) is 29.5 Å². The van der Waals surface area contributed by atoms with Crippen molar-refractivity contribution >= 4 is 17.4 Å². The van der Waals surface area contributed by atoms with E-state index in [1.54, 1.807) is 0 Å². The summed E-state index contributed by atoms with van der Waals surface area (Å²) < 4.78 is 7.58. The van der Waals surface area contributed by atoms with Gasteiger partial charge in [-0.1, -0.05) is 0 Å². The molecule has 7 nitrogen and oxygen atoms in total. The summed E-state index contributed by atoms with van der Waals surface area (Å²) in [7, 11) is 2.02. The lowest BCUT2D eigenvalue weighted by Crippen LogP contribution is -2.32. The maximum absolute atomic E-state index is 12.5. The van der Waals surface area contributed by atoms with E-state index in [0.717, 1.165) is 34.9 Å². The van der Waals surface area contributed by atoms with Crippen LogP contribution in [0.5, 0.6) is 5.75 Å². The summed E-state index contributed by atoms with van der Waals surface area (Å²) in [5, 5.41) is 10.5. The summed E-state index contributed by atoms with van der Waals surface area (Å²) in [5.74, 6) is 0.841. The molecule has 2 heterocycles. The largest absolute Gasteiger partial charge is 0.490 e. The smallest absolute Gasteiger partial charge is 0.319 e. The van der Waals surface area contributed by atoms with E-state index in [4.69, 9.17) is 4.74 Å². The quantitative estimate of drug-likeness (QED) is 0.864. The number of benzene rings is 1. The van der Waals surface area contributed by atoms with Gasteiger partial charge in [-0.15, -0.1) is 0 Å². The topological polar surface area (TPSA) is 71.4 Å². The number of carbonyl (C=O) groups excluding carboxylic acids is 1. The number of aryl methyl sites for hydroxylation is 1. The number of hydrogen-bond donors (Lipinski definition) is 2. The van der Waals surface area contributed by atoms with Gasteiger partial charge in [0.25, 0.3) is 0 Å². The first-order valence-corrected chi connectivity index (χ1v) is 9.27. The van der Waals surface area contributed by atoms with Crippen LogP contribution in [0.2, 0.25) is 0 Å². The number of hydrogen-bond acceptors (Lipinski definition) is 4. The molecule has 1 aromatic heterocycles. The van der Waals surface area contributed by atoms with Gasteiger partial charge in [0.2, 0.25) is 0 Å². The first-order chi connectivity index (χ1) is 12.6. The van der Waals surface area contributed by atoms with Crippen molar-refractivity contribution < 1.29 is 9.53 Å².